The van der Waals surface area contributed by atoms with E-state index in [0.717, 1.165) is 16.9 Å². The Kier molecular flexibility index (Phi) is 4.87. The third-order valence-corrected chi connectivity index (χ3v) is 3.79. The van der Waals surface area contributed by atoms with Gasteiger partial charge in [0.15, 0.2) is 5.82 Å². The zero-order valence-electron chi connectivity index (χ0n) is 15.3. The number of carbonyl (C=O) groups is 1. The molecule has 1 aromatic heterocycles. The SMILES string of the molecule is CCNC(=O)Nc1c(C(C)(C)C)nn(-c2ccc(C)cc2C)c1N. The zero-order valence-corrected chi connectivity index (χ0v) is 15.3. The van der Waals surface area contributed by atoms with Crippen molar-refractivity contribution in [2.24, 2.45) is 0 Å². The van der Waals surface area contributed by atoms with E-state index < -0.39 is 0 Å². The first-order chi connectivity index (χ1) is 11.1. The van der Waals surface area contributed by atoms with Crippen LogP contribution in [0.1, 0.15) is 44.5 Å². The number of nitrogens with one attached hydrogen (secondary N) is 2. The molecular weight excluding hydrogens is 302 g/mol. The predicted molar refractivity (Wildman–Crippen MR) is 98.8 cm³/mol. The molecule has 0 aliphatic heterocycles. The summed E-state index contributed by atoms with van der Waals surface area (Å²) in [6.45, 7) is 12.6. The summed E-state index contributed by atoms with van der Waals surface area (Å²) in [5.74, 6) is 0.429. The smallest absolute Gasteiger partial charge is 0.319 e. The largest absolute Gasteiger partial charge is 0.382 e. The zero-order chi connectivity index (χ0) is 18.1. The number of nitrogens with zero attached hydrogens (tertiary/aromatic N) is 2. The molecule has 0 atom stereocenters. The number of hydrogen-bond donors (Lipinski definition) is 3. The monoisotopic (exact) mass is 329 g/mol. The number of hydrogen-bond acceptors (Lipinski definition) is 3. The third-order valence-electron chi connectivity index (χ3n) is 3.79. The Morgan fingerprint density at radius 1 is 1.29 bits per heavy atom. The summed E-state index contributed by atoms with van der Waals surface area (Å²) in [5.41, 5.74) is 10.6. The molecule has 0 spiro atoms. The third kappa shape index (κ3) is 3.53. The van der Waals surface area contributed by atoms with Crippen LogP contribution >= 0.6 is 0 Å². The van der Waals surface area contributed by atoms with Gasteiger partial charge in [0, 0.05) is 12.0 Å². The van der Waals surface area contributed by atoms with Gasteiger partial charge in [-0.15, -0.1) is 0 Å². The van der Waals surface area contributed by atoms with Gasteiger partial charge in [0.1, 0.15) is 5.69 Å². The van der Waals surface area contributed by atoms with Gasteiger partial charge < -0.3 is 16.4 Å². The second kappa shape index (κ2) is 6.55. The molecule has 0 saturated carbocycles. The summed E-state index contributed by atoms with van der Waals surface area (Å²) in [6.07, 6.45) is 0. The fraction of sp³-hybridized carbons (Fsp3) is 0.444. The van der Waals surface area contributed by atoms with E-state index in [0.29, 0.717) is 18.1 Å². The van der Waals surface area contributed by atoms with Crippen LogP contribution in [0.4, 0.5) is 16.3 Å². The molecule has 1 aromatic carbocycles. The van der Waals surface area contributed by atoms with Gasteiger partial charge in [0.05, 0.1) is 11.4 Å². The lowest BCUT2D eigenvalue weighted by atomic mass is 9.91. The number of aryl methyl sites for hydroxylation is 2. The van der Waals surface area contributed by atoms with Gasteiger partial charge in [0.25, 0.3) is 0 Å². The lowest BCUT2D eigenvalue weighted by molar-refractivity contribution is 0.252. The van der Waals surface area contributed by atoms with Crippen LogP contribution in [0.5, 0.6) is 0 Å². The first kappa shape index (κ1) is 17.8. The molecule has 2 aromatic rings. The molecular formula is C18H27N5O. The number of rotatable bonds is 3. The summed E-state index contributed by atoms with van der Waals surface area (Å²) in [4.78, 5) is 12.0. The summed E-state index contributed by atoms with van der Waals surface area (Å²) in [5, 5.41) is 10.3. The number of benzene rings is 1. The first-order valence-corrected chi connectivity index (χ1v) is 8.16. The normalized spacial score (nSPS) is 11.4. The minimum Gasteiger partial charge on any atom is -0.382 e. The Bertz CT molecular complexity index is 756. The van der Waals surface area contributed by atoms with E-state index in [4.69, 9.17) is 10.8 Å². The summed E-state index contributed by atoms with van der Waals surface area (Å²) in [7, 11) is 0. The van der Waals surface area contributed by atoms with Crippen LogP contribution in [-0.4, -0.2) is 22.4 Å². The average molecular weight is 329 g/mol. The fourth-order valence-corrected chi connectivity index (χ4v) is 2.62. The highest BCUT2D eigenvalue weighted by atomic mass is 16.2. The van der Waals surface area contributed by atoms with Crippen LogP contribution in [0.25, 0.3) is 5.69 Å². The summed E-state index contributed by atoms with van der Waals surface area (Å²) in [6, 6.07) is 5.83. The number of aromatic nitrogens is 2. The standard InChI is InChI=1S/C18H27N5O/c1-7-20-17(24)21-14-15(18(4,5)6)22-23(16(14)19)13-9-8-11(2)10-12(13)3/h8-10H,7,19H2,1-6H3,(H2,20,21,24). The molecule has 2 rings (SSSR count). The maximum Gasteiger partial charge on any atom is 0.319 e. The van der Waals surface area contributed by atoms with E-state index in [1.54, 1.807) is 4.68 Å². The van der Waals surface area contributed by atoms with Gasteiger partial charge >= 0.3 is 6.03 Å². The number of nitrogen functional groups attached to an aromatic ring is 1. The van der Waals surface area contributed by atoms with E-state index in [9.17, 15) is 4.79 Å². The molecule has 2 amide bonds. The molecule has 0 saturated heterocycles. The Labute approximate surface area is 143 Å². The van der Waals surface area contributed by atoms with Crippen LogP contribution < -0.4 is 16.4 Å². The van der Waals surface area contributed by atoms with E-state index in [1.165, 1.54) is 5.56 Å². The average Bonchev–Trinajstić information content (AvgIpc) is 2.77. The maximum atomic E-state index is 12.0. The maximum absolute atomic E-state index is 12.0. The molecule has 24 heavy (non-hydrogen) atoms. The Hall–Kier alpha value is -2.50. The Morgan fingerprint density at radius 2 is 1.96 bits per heavy atom. The van der Waals surface area contributed by atoms with Gasteiger partial charge in [0.2, 0.25) is 0 Å². The Morgan fingerprint density at radius 3 is 2.50 bits per heavy atom. The first-order valence-electron chi connectivity index (χ1n) is 8.16. The summed E-state index contributed by atoms with van der Waals surface area (Å²) >= 11 is 0. The highest BCUT2D eigenvalue weighted by molar-refractivity contribution is 5.93. The van der Waals surface area contributed by atoms with Gasteiger partial charge in [-0.3, -0.25) is 0 Å². The number of amides is 2. The van der Waals surface area contributed by atoms with Crippen molar-refractivity contribution in [3.8, 4) is 5.69 Å². The topological polar surface area (TPSA) is 85.0 Å². The van der Waals surface area contributed by atoms with Crippen molar-refractivity contribution in [3.63, 3.8) is 0 Å². The lowest BCUT2D eigenvalue weighted by Crippen LogP contribution is -2.29. The van der Waals surface area contributed by atoms with Crippen molar-refractivity contribution in [2.75, 3.05) is 17.6 Å². The molecule has 130 valence electrons. The summed E-state index contributed by atoms with van der Waals surface area (Å²) < 4.78 is 1.71. The quantitative estimate of drug-likeness (QED) is 0.805. The highest BCUT2D eigenvalue weighted by Crippen LogP contribution is 2.35. The molecule has 0 radical (unpaired) electrons. The molecule has 0 unspecified atom stereocenters. The second-order valence-electron chi connectivity index (χ2n) is 7.05. The van der Waals surface area contributed by atoms with Crippen molar-refractivity contribution in [2.45, 2.75) is 47.0 Å². The minimum atomic E-state index is -0.283. The van der Waals surface area contributed by atoms with E-state index in [2.05, 4.69) is 16.7 Å². The van der Waals surface area contributed by atoms with Crippen molar-refractivity contribution in [1.29, 1.82) is 0 Å². The van der Waals surface area contributed by atoms with Crippen molar-refractivity contribution < 1.29 is 4.79 Å². The second-order valence-corrected chi connectivity index (χ2v) is 7.05. The van der Waals surface area contributed by atoms with Crippen LogP contribution in [0, 0.1) is 13.8 Å². The fourth-order valence-electron chi connectivity index (χ4n) is 2.62. The molecule has 0 aliphatic rings. The molecule has 0 fully saturated rings. The number of anilines is 2. The van der Waals surface area contributed by atoms with Gasteiger partial charge in [-0.05, 0) is 32.4 Å². The van der Waals surface area contributed by atoms with Gasteiger partial charge in [-0.2, -0.15) is 5.10 Å². The van der Waals surface area contributed by atoms with Crippen LogP contribution in [0.15, 0.2) is 18.2 Å². The van der Waals surface area contributed by atoms with Gasteiger partial charge in [-0.25, -0.2) is 9.48 Å². The highest BCUT2D eigenvalue weighted by Gasteiger charge is 2.27. The molecule has 6 nitrogen and oxygen atoms in total. The Balaban J connectivity index is 2.58. The van der Waals surface area contributed by atoms with Crippen LogP contribution in [-0.2, 0) is 5.41 Å². The van der Waals surface area contributed by atoms with E-state index in [1.807, 2.05) is 53.7 Å². The molecule has 0 aliphatic carbocycles. The number of nitrogens with two attached hydrogens (primary N) is 1. The van der Waals surface area contributed by atoms with Crippen LogP contribution in [0.2, 0.25) is 0 Å². The van der Waals surface area contributed by atoms with E-state index in [-0.39, 0.29) is 11.4 Å². The molecule has 1 heterocycles. The van der Waals surface area contributed by atoms with Crippen molar-refractivity contribution >= 4 is 17.5 Å². The van der Waals surface area contributed by atoms with E-state index >= 15 is 0 Å². The predicted octanol–water partition coefficient (Wildman–Crippen LogP) is 3.51. The lowest BCUT2D eigenvalue weighted by Gasteiger charge is -2.17. The number of urea groups is 1. The van der Waals surface area contributed by atoms with Gasteiger partial charge in [-0.1, -0.05) is 38.5 Å². The number of carbonyl (C=O) groups excluding carboxylic acids is 1. The van der Waals surface area contributed by atoms with Crippen molar-refractivity contribution in [3.05, 3.63) is 35.0 Å². The van der Waals surface area contributed by atoms with Crippen molar-refractivity contribution in [1.82, 2.24) is 15.1 Å². The molecule has 4 N–H and O–H groups in total. The molecule has 6 heteroatoms. The van der Waals surface area contributed by atoms with Crippen LogP contribution in [0.3, 0.4) is 0 Å². The minimum absolute atomic E-state index is 0.257. The molecule has 0 bridgehead atoms.